The van der Waals surface area contributed by atoms with Gasteiger partial charge in [-0.15, -0.1) is 0 Å². The van der Waals surface area contributed by atoms with Gasteiger partial charge in [0.05, 0.1) is 10.6 Å². The molecule has 6 nitrogen and oxygen atoms in total. The Balaban J connectivity index is 3.20. The Kier molecular flexibility index (Phi) is 4.22. The predicted molar refractivity (Wildman–Crippen MR) is 66.4 cm³/mol. The molecule has 0 saturated carbocycles. The SMILES string of the molecule is CCN(N)/C(C)=C(\N)c1ccc([N+](=O)[O-])c(F)c1. The van der Waals surface area contributed by atoms with Gasteiger partial charge < -0.3 is 10.7 Å². The number of nitrogens with two attached hydrogens (primary N) is 2. The van der Waals surface area contributed by atoms with E-state index in [2.05, 4.69) is 0 Å². The van der Waals surface area contributed by atoms with Gasteiger partial charge in [-0.25, -0.2) is 5.84 Å². The number of halogens is 1. The lowest BCUT2D eigenvalue weighted by atomic mass is 10.1. The second-order valence-corrected chi connectivity index (χ2v) is 3.71. The van der Waals surface area contributed by atoms with Crippen LogP contribution in [-0.4, -0.2) is 16.5 Å². The zero-order valence-electron chi connectivity index (χ0n) is 10.2. The fourth-order valence-electron chi connectivity index (χ4n) is 1.42. The van der Waals surface area contributed by atoms with E-state index >= 15 is 0 Å². The normalized spacial score (nSPS) is 12.0. The third kappa shape index (κ3) is 2.75. The van der Waals surface area contributed by atoms with Gasteiger partial charge in [-0.1, -0.05) is 0 Å². The van der Waals surface area contributed by atoms with Crippen molar-refractivity contribution in [3.8, 4) is 0 Å². The highest BCUT2D eigenvalue weighted by Crippen LogP contribution is 2.22. The molecule has 0 fully saturated rings. The first-order valence-corrected chi connectivity index (χ1v) is 5.31. The molecule has 0 amide bonds. The number of allylic oxidation sites excluding steroid dienone is 1. The van der Waals surface area contributed by atoms with Crippen LogP contribution in [0.3, 0.4) is 0 Å². The summed E-state index contributed by atoms with van der Waals surface area (Å²) in [5.41, 5.74) is 6.47. The van der Waals surface area contributed by atoms with Crippen LogP contribution in [0.25, 0.3) is 5.70 Å². The van der Waals surface area contributed by atoms with Crippen LogP contribution < -0.4 is 11.6 Å². The van der Waals surface area contributed by atoms with Crippen molar-refractivity contribution in [2.75, 3.05) is 6.54 Å². The number of nitro groups is 1. The molecule has 0 aliphatic rings. The van der Waals surface area contributed by atoms with Gasteiger partial charge in [-0.3, -0.25) is 10.1 Å². The number of hydrogen-bond donors (Lipinski definition) is 2. The Morgan fingerprint density at radius 3 is 2.61 bits per heavy atom. The van der Waals surface area contributed by atoms with Crippen molar-refractivity contribution in [2.24, 2.45) is 11.6 Å². The van der Waals surface area contributed by atoms with Gasteiger partial charge in [0.25, 0.3) is 0 Å². The summed E-state index contributed by atoms with van der Waals surface area (Å²) in [6.45, 7) is 4.08. The van der Waals surface area contributed by atoms with Gasteiger partial charge in [-0.2, -0.15) is 4.39 Å². The van der Waals surface area contributed by atoms with Crippen molar-refractivity contribution < 1.29 is 9.31 Å². The molecule has 0 aliphatic carbocycles. The standard InChI is InChI=1S/C11H15FN4O2/c1-3-15(14)7(2)11(13)8-4-5-10(16(17)18)9(12)6-8/h4-6H,3,13-14H2,1-2H3/b11-7-. The molecular formula is C11H15FN4O2. The monoisotopic (exact) mass is 254 g/mol. The second-order valence-electron chi connectivity index (χ2n) is 3.71. The highest BCUT2D eigenvalue weighted by molar-refractivity contribution is 5.66. The van der Waals surface area contributed by atoms with E-state index in [0.29, 0.717) is 17.8 Å². The molecule has 0 aromatic heterocycles. The van der Waals surface area contributed by atoms with Crippen molar-refractivity contribution in [3.63, 3.8) is 0 Å². The molecule has 1 rings (SSSR count). The van der Waals surface area contributed by atoms with Crippen molar-refractivity contribution in [1.29, 1.82) is 0 Å². The molecule has 0 heterocycles. The van der Waals surface area contributed by atoms with Crippen molar-refractivity contribution in [1.82, 2.24) is 5.01 Å². The van der Waals surface area contributed by atoms with Crippen LogP contribution in [0.2, 0.25) is 0 Å². The Morgan fingerprint density at radius 1 is 1.56 bits per heavy atom. The summed E-state index contributed by atoms with van der Waals surface area (Å²) in [7, 11) is 0. The lowest BCUT2D eigenvalue weighted by Gasteiger charge is -2.19. The average molecular weight is 254 g/mol. The van der Waals surface area contributed by atoms with Gasteiger partial charge in [0.2, 0.25) is 5.82 Å². The highest BCUT2D eigenvalue weighted by Gasteiger charge is 2.15. The van der Waals surface area contributed by atoms with Gasteiger partial charge >= 0.3 is 5.69 Å². The Bertz CT molecular complexity index is 502. The minimum atomic E-state index is -0.923. The number of benzene rings is 1. The fraction of sp³-hybridized carbons (Fsp3) is 0.273. The van der Waals surface area contributed by atoms with Gasteiger partial charge in [-0.05, 0) is 26.0 Å². The third-order valence-electron chi connectivity index (χ3n) is 2.62. The summed E-state index contributed by atoms with van der Waals surface area (Å²) in [5.74, 6) is 4.74. The van der Waals surface area contributed by atoms with E-state index in [1.165, 1.54) is 11.1 Å². The first-order valence-electron chi connectivity index (χ1n) is 5.31. The molecule has 0 radical (unpaired) electrons. The van der Waals surface area contributed by atoms with Crippen LogP contribution in [0, 0.1) is 15.9 Å². The van der Waals surface area contributed by atoms with Crippen LogP contribution in [0.15, 0.2) is 23.9 Å². The van der Waals surface area contributed by atoms with Crippen molar-refractivity contribution >= 4 is 11.4 Å². The number of hydrogen-bond acceptors (Lipinski definition) is 5. The number of nitro benzene ring substituents is 1. The molecule has 0 bridgehead atoms. The summed E-state index contributed by atoms with van der Waals surface area (Å²) < 4.78 is 13.4. The minimum absolute atomic E-state index is 0.285. The van der Waals surface area contributed by atoms with E-state index < -0.39 is 16.4 Å². The maximum Gasteiger partial charge on any atom is 0.304 e. The van der Waals surface area contributed by atoms with Crippen LogP contribution in [0.4, 0.5) is 10.1 Å². The third-order valence-corrected chi connectivity index (χ3v) is 2.62. The predicted octanol–water partition coefficient (Wildman–Crippen LogP) is 1.58. The summed E-state index contributed by atoms with van der Waals surface area (Å²) in [6.07, 6.45) is 0. The van der Waals surface area contributed by atoms with Crippen molar-refractivity contribution in [3.05, 3.63) is 45.4 Å². The van der Waals surface area contributed by atoms with E-state index in [9.17, 15) is 14.5 Å². The number of rotatable bonds is 4. The number of nitrogens with zero attached hydrogens (tertiary/aromatic N) is 2. The summed E-state index contributed by atoms with van der Waals surface area (Å²) in [6, 6.07) is 3.50. The van der Waals surface area contributed by atoms with Gasteiger partial charge in [0.15, 0.2) is 0 Å². The lowest BCUT2D eigenvalue weighted by Crippen LogP contribution is -2.30. The largest absolute Gasteiger partial charge is 0.397 e. The molecule has 98 valence electrons. The van der Waals surface area contributed by atoms with Gasteiger partial charge in [0, 0.05) is 23.9 Å². The maximum atomic E-state index is 13.4. The van der Waals surface area contributed by atoms with E-state index in [1.807, 2.05) is 6.92 Å². The van der Waals surface area contributed by atoms with E-state index in [-0.39, 0.29) is 5.70 Å². The van der Waals surface area contributed by atoms with Crippen LogP contribution in [-0.2, 0) is 0 Å². The van der Waals surface area contributed by atoms with Crippen LogP contribution in [0.1, 0.15) is 19.4 Å². The molecular weight excluding hydrogens is 239 g/mol. The van der Waals surface area contributed by atoms with Gasteiger partial charge in [0.1, 0.15) is 0 Å². The van der Waals surface area contributed by atoms with Crippen molar-refractivity contribution in [2.45, 2.75) is 13.8 Å². The zero-order chi connectivity index (χ0) is 13.9. The Morgan fingerprint density at radius 2 is 2.17 bits per heavy atom. The molecule has 0 aliphatic heterocycles. The Labute approximate surface area is 104 Å². The summed E-state index contributed by atoms with van der Waals surface area (Å²) in [5, 5.41) is 11.9. The topological polar surface area (TPSA) is 98.4 Å². The zero-order valence-corrected chi connectivity index (χ0v) is 10.2. The lowest BCUT2D eigenvalue weighted by molar-refractivity contribution is -0.387. The molecule has 0 saturated heterocycles. The minimum Gasteiger partial charge on any atom is -0.397 e. The van der Waals surface area contributed by atoms with Crippen LogP contribution >= 0.6 is 0 Å². The van der Waals surface area contributed by atoms with E-state index in [0.717, 1.165) is 12.1 Å². The first kappa shape index (κ1) is 13.9. The molecule has 7 heteroatoms. The highest BCUT2D eigenvalue weighted by atomic mass is 19.1. The molecule has 18 heavy (non-hydrogen) atoms. The fourth-order valence-corrected chi connectivity index (χ4v) is 1.42. The molecule has 4 N–H and O–H groups in total. The summed E-state index contributed by atoms with van der Waals surface area (Å²) >= 11 is 0. The molecule has 0 atom stereocenters. The van der Waals surface area contributed by atoms with E-state index in [4.69, 9.17) is 11.6 Å². The quantitative estimate of drug-likeness (QED) is 0.483. The summed E-state index contributed by atoms with van der Waals surface area (Å²) in [4.78, 5) is 9.70. The Hall–Kier alpha value is -2.15. The van der Waals surface area contributed by atoms with E-state index in [1.54, 1.807) is 6.92 Å². The van der Waals surface area contributed by atoms with Crippen LogP contribution in [0.5, 0.6) is 0 Å². The molecule has 0 spiro atoms. The molecule has 1 aromatic carbocycles. The molecule has 0 unspecified atom stereocenters. The second kappa shape index (κ2) is 5.46. The molecule has 1 aromatic rings. The first-order chi connectivity index (χ1) is 8.38. The maximum absolute atomic E-state index is 13.4. The smallest absolute Gasteiger partial charge is 0.304 e. The average Bonchev–Trinajstić information content (AvgIpc) is 2.35. The number of hydrazine groups is 1.